The summed E-state index contributed by atoms with van der Waals surface area (Å²) in [5.74, 6) is 0. The molecule has 0 amide bonds. The molecule has 4 N–H and O–H groups in total. The summed E-state index contributed by atoms with van der Waals surface area (Å²) in [4.78, 5) is 31.6. The average molecular weight is 334 g/mol. The summed E-state index contributed by atoms with van der Waals surface area (Å²) in [6.45, 7) is 2.47. The molecule has 0 saturated heterocycles. The largest absolute Gasteiger partial charge is 0.698 e. The van der Waals surface area contributed by atoms with Gasteiger partial charge in [0.1, 0.15) is 0 Å². The van der Waals surface area contributed by atoms with Crippen molar-refractivity contribution in [2.75, 3.05) is 20.2 Å². The molecule has 0 heterocycles. The highest BCUT2D eigenvalue weighted by Gasteiger charge is 2.53. The number of aliphatic hydroxyl groups is 1. The normalized spacial score (nSPS) is 16.2. The van der Waals surface area contributed by atoms with Crippen molar-refractivity contribution in [1.82, 2.24) is 5.06 Å². The van der Waals surface area contributed by atoms with Crippen LogP contribution in [0.4, 0.5) is 0 Å². The van der Waals surface area contributed by atoms with Crippen LogP contribution in [0.25, 0.3) is 0 Å². The molecule has 0 aromatic rings. The molecule has 0 aliphatic carbocycles. The van der Waals surface area contributed by atoms with E-state index in [4.69, 9.17) is 19.5 Å². The third-order valence-electron chi connectivity index (χ3n) is 2.64. The van der Waals surface area contributed by atoms with Gasteiger partial charge in [-0.3, -0.25) is 4.57 Å². The number of rotatable bonds is 11. The Morgan fingerprint density at radius 1 is 1.30 bits per heavy atom. The molecule has 120 valence electrons. The zero-order chi connectivity index (χ0) is 15.8. The number of nitrogens with zero attached hydrogens (tertiary/aromatic N) is 1. The predicted molar refractivity (Wildman–Crippen MR) is 70.6 cm³/mol. The first-order valence-electron chi connectivity index (χ1n) is 6.08. The van der Waals surface area contributed by atoms with Crippen molar-refractivity contribution in [1.29, 1.82) is 0 Å². The van der Waals surface area contributed by atoms with Crippen LogP contribution in [0.5, 0.6) is 0 Å². The maximum atomic E-state index is 11.2. The van der Waals surface area contributed by atoms with Gasteiger partial charge >= 0.3 is 21.4 Å². The third kappa shape index (κ3) is 7.17. The first-order chi connectivity index (χ1) is 9.16. The smallest absolute Gasteiger partial charge is 0.353 e. The van der Waals surface area contributed by atoms with Crippen molar-refractivity contribution >= 4 is 15.9 Å². The van der Waals surface area contributed by atoms with Crippen LogP contribution < -0.4 is 0 Å². The second kappa shape index (κ2) is 9.15. The van der Waals surface area contributed by atoms with Gasteiger partial charge in [0.15, 0.2) is 0 Å². The number of unbranched alkanes of at least 4 members (excludes halogenated alkanes) is 2. The maximum Gasteiger partial charge on any atom is 0.698 e. The lowest BCUT2D eigenvalue weighted by Gasteiger charge is -2.26. The van der Waals surface area contributed by atoms with Crippen LogP contribution in [-0.2, 0) is 18.5 Å². The average Bonchev–Trinajstić information content (AvgIpc) is 2.31. The van der Waals surface area contributed by atoms with Crippen LogP contribution >= 0.6 is 15.9 Å². The Bertz CT molecular complexity index is 349. The van der Waals surface area contributed by atoms with Gasteiger partial charge in [-0.1, -0.05) is 24.3 Å². The van der Waals surface area contributed by atoms with Gasteiger partial charge in [-0.25, -0.2) is 0 Å². The van der Waals surface area contributed by atoms with Crippen molar-refractivity contribution < 1.29 is 38.3 Å². The van der Waals surface area contributed by atoms with Crippen molar-refractivity contribution in [3.8, 4) is 0 Å². The monoisotopic (exact) mass is 334 g/mol. The van der Waals surface area contributed by atoms with E-state index in [9.17, 15) is 14.2 Å². The van der Waals surface area contributed by atoms with Crippen LogP contribution in [0.15, 0.2) is 0 Å². The summed E-state index contributed by atoms with van der Waals surface area (Å²) in [6, 6.07) is 0. The van der Waals surface area contributed by atoms with Gasteiger partial charge in [0.2, 0.25) is 0 Å². The molecule has 2 unspecified atom stereocenters. The number of hydrogen-bond acceptors (Lipinski definition) is 6. The highest BCUT2D eigenvalue weighted by Crippen LogP contribution is 2.54. The summed E-state index contributed by atoms with van der Waals surface area (Å²) in [5, 5.41) is 11.1. The van der Waals surface area contributed by atoms with E-state index in [1.54, 1.807) is 0 Å². The van der Waals surface area contributed by atoms with Crippen LogP contribution in [0.2, 0.25) is 0 Å². The maximum absolute atomic E-state index is 11.2. The molecule has 0 aliphatic heterocycles. The molecule has 0 aromatic heterocycles. The minimum Gasteiger partial charge on any atom is -0.353 e. The van der Waals surface area contributed by atoms with Crippen molar-refractivity contribution in [2.24, 2.45) is 0 Å². The fraction of sp³-hybridized carbons (Fsp3) is 1.00. The van der Waals surface area contributed by atoms with Crippen LogP contribution in [0, 0.1) is 0 Å². The lowest BCUT2D eigenvalue weighted by atomic mass is 10.2. The fourth-order valence-corrected chi connectivity index (χ4v) is 2.84. The quantitative estimate of drug-likeness (QED) is 0.188. The molecule has 11 heteroatoms. The molecule has 0 spiro atoms. The molecular weight excluding hydrogens is 312 g/mol. The van der Waals surface area contributed by atoms with Gasteiger partial charge in [-0.2, -0.15) is 5.06 Å². The Morgan fingerprint density at radius 2 is 1.90 bits per heavy atom. The molecule has 0 rings (SSSR count). The molecule has 0 aromatic carbocycles. The first-order valence-corrected chi connectivity index (χ1v) is 8.83. The minimum atomic E-state index is -5.13. The molecular formula is C9H22NO8P2+. The Balaban J connectivity index is 4.59. The minimum absolute atomic E-state index is 0.0645. The molecule has 0 fully saturated rings. The molecule has 0 bridgehead atoms. The SMILES string of the molecule is CCCCCN(CCC(O)(O[P+](=O)O)P(=O)(O)O)OC. The Labute approximate surface area is 118 Å². The zero-order valence-electron chi connectivity index (χ0n) is 11.5. The Kier molecular flexibility index (Phi) is 9.17. The van der Waals surface area contributed by atoms with E-state index in [-0.39, 0.29) is 6.54 Å². The summed E-state index contributed by atoms with van der Waals surface area (Å²) in [6.07, 6.45) is 2.20. The zero-order valence-corrected chi connectivity index (χ0v) is 13.3. The van der Waals surface area contributed by atoms with Crippen molar-refractivity contribution in [3.63, 3.8) is 0 Å². The second-order valence-electron chi connectivity index (χ2n) is 4.18. The molecule has 0 saturated carbocycles. The second-order valence-corrected chi connectivity index (χ2v) is 6.63. The molecule has 20 heavy (non-hydrogen) atoms. The van der Waals surface area contributed by atoms with Gasteiger partial charge in [0, 0.05) is 24.1 Å². The van der Waals surface area contributed by atoms with Crippen LogP contribution in [0.1, 0.15) is 32.6 Å². The summed E-state index contributed by atoms with van der Waals surface area (Å²) >= 11 is 0. The lowest BCUT2D eigenvalue weighted by molar-refractivity contribution is -0.156. The highest BCUT2D eigenvalue weighted by molar-refractivity contribution is 7.53. The predicted octanol–water partition coefficient (Wildman–Crippen LogP) is 0.920. The van der Waals surface area contributed by atoms with E-state index in [1.165, 1.54) is 12.2 Å². The van der Waals surface area contributed by atoms with Crippen molar-refractivity contribution in [2.45, 2.75) is 38.1 Å². The van der Waals surface area contributed by atoms with E-state index in [1.807, 2.05) is 6.92 Å². The number of hydroxylamine groups is 2. The van der Waals surface area contributed by atoms with Crippen LogP contribution in [0.3, 0.4) is 0 Å². The van der Waals surface area contributed by atoms with E-state index < -0.39 is 27.8 Å². The molecule has 9 nitrogen and oxygen atoms in total. The highest BCUT2D eigenvalue weighted by atomic mass is 31.2. The Hall–Kier alpha value is 0.0500. The number of hydrogen-bond donors (Lipinski definition) is 4. The van der Waals surface area contributed by atoms with Crippen molar-refractivity contribution in [3.05, 3.63) is 0 Å². The summed E-state index contributed by atoms with van der Waals surface area (Å²) in [5.41, 5.74) is -3.00. The lowest BCUT2D eigenvalue weighted by Crippen LogP contribution is -2.36. The van der Waals surface area contributed by atoms with Gasteiger partial charge < -0.3 is 19.7 Å². The topological polar surface area (TPSA) is 137 Å². The van der Waals surface area contributed by atoms with Crippen LogP contribution in [-0.4, -0.2) is 50.6 Å². The molecule has 0 aliphatic rings. The van der Waals surface area contributed by atoms with Gasteiger partial charge in [0.25, 0.3) is 0 Å². The third-order valence-corrected chi connectivity index (χ3v) is 4.46. The molecule has 2 atom stereocenters. The first kappa shape index (κ1) is 20.1. The van der Waals surface area contributed by atoms with Gasteiger partial charge in [-0.05, 0) is 6.42 Å². The summed E-state index contributed by atoms with van der Waals surface area (Å²) < 4.78 is 25.8. The van der Waals surface area contributed by atoms with Gasteiger partial charge in [0.05, 0.1) is 7.11 Å². The van der Waals surface area contributed by atoms with E-state index in [0.717, 1.165) is 19.3 Å². The summed E-state index contributed by atoms with van der Waals surface area (Å²) in [7, 11) is -7.10. The fourth-order valence-electron chi connectivity index (χ4n) is 1.47. The Morgan fingerprint density at radius 3 is 2.30 bits per heavy atom. The van der Waals surface area contributed by atoms with E-state index >= 15 is 0 Å². The van der Waals surface area contributed by atoms with E-state index in [2.05, 4.69) is 4.52 Å². The standard InChI is InChI=1S/C9H21NO8P2/c1-3-4-5-7-10(17-2)8-6-9(11,18-19(12)13)20(14,15)16/h11H,3-8H2,1-2H3,(H2-,12,13,14,15,16)/p+1. The molecule has 0 radical (unpaired) electrons. The van der Waals surface area contributed by atoms with Gasteiger partial charge in [-0.15, -0.1) is 4.89 Å². The van der Waals surface area contributed by atoms with E-state index in [0.29, 0.717) is 6.54 Å².